The fraction of sp³-hybridized carbons (Fsp3) is 0.333. The summed E-state index contributed by atoms with van der Waals surface area (Å²) in [6.07, 6.45) is 0. The molecule has 3 rings (SSSR count). The van der Waals surface area contributed by atoms with Crippen molar-refractivity contribution in [1.82, 2.24) is 10.2 Å². The fourth-order valence-electron chi connectivity index (χ4n) is 2.81. The predicted molar refractivity (Wildman–Crippen MR) is 84.8 cm³/mol. The van der Waals surface area contributed by atoms with Gasteiger partial charge in [0.1, 0.15) is 0 Å². The molecule has 0 amide bonds. The number of benzene rings is 2. The Morgan fingerprint density at radius 3 is 2.35 bits per heavy atom. The van der Waals surface area contributed by atoms with Crippen LogP contribution < -0.4 is 5.32 Å². The Kier molecular flexibility index (Phi) is 4.14. The molecule has 2 nitrogen and oxygen atoms in total. The summed E-state index contributed by atoms with van der Waals surface area (Å²) in [6.45, 7) is 7.77. The lowest BCUT2D eigenvalue weighted by molar-refractivity contribution is 0.233. The van der Waals surface area contributed by atoms with E-state index < -0.39 is 0 Å². The van der Waals surface area contributed by atoms with Gasteiger partial charge in [-0.05, 0) is 29.2 Å². The predicted octanol–water partition coefficient (Wildman–Crippen LogP) is 3.07. The molecule has 1 aliphatic heterocycles. The van der Waals surface area contributed by atoms with Gasteiger partial charge in [-0.1, -0.05) is 48.5 Å². The molecule has 1 aliphatic rings. The molecule has 1 fully saturated rings. The van der Waals surface area contributed by atoms with Crippen LogP contribution >= 0.6 is 0 Å². The van der Waals surface area contributed by atoms with E-state index in [0.717, 1.165) is 32.7 Å². The topological polar surface area (TPSA) is 15.3 Å². The van der Waals surface area contributed by atoms with Crippen molar-refractivity contribution >= 4 is 0 Å². The van der Waals surface area contributed by atoms with Crippen molar-refractivity contribution in [3.05, 3.63) is 59.7 Å². The summed E-state index contributed by atoms with van der Waals surface area (Å²) in [4.78, 5) is 2.51. The van der Waals surface area contributed by atoms with Gasteiger partial charge >= 0.3 is 0 Å². The SMILES string of the molecule is Cc1ccccc1-c1ccc(CN2CCNCC2)cc1. The Bertz CT molecular complexity index is 554. The Balaban J connectivity index is 1.73. The Labute approximate surface area is 121 Å². The molecule has 1 N–H and O–H groups in total. The van der Waals surface area contributed by atoms with E-state index in [1.165, 1.54) is 22.3 Å². The summed E-state index contributed by atoms with van der Waals surface area (Å²) in [5.41, 5.74) is 5.39. The average Bonchev–Trinajstić information content (AvgIpc) is 2.50. The van der Waals surface area contributed by atoms with Crippen LogP contribution in [0.2, 0.25) is 0 Å². The summed E-state index contributed by atoms with van der Waals surface area (Å²) >= 11 is 0. The molecule has 2 heteroatoms. The van der Waals surface area contributed by atoms with Gasteiger partial charge < -0.3 is 5.32 Å². The van der Waals surface area contributed by atoms with Crippen LogP contribution in [0.5, 0.6) is 0 Å². The lowest BCUT2D eigenvalue weighted by atomic mass is 9.99. The lowest BCUT2D eigenvalue weighted by Gasteiger charge is -2.27. The van der Waals surface area contributed by atoms with Crippen molar-refractivity contribution in [3.8, 4) is 11.1 Å². The van der Waals surface area contributed by atoms with Gasteiger partial charge in [-0.3, -0.25) is 4.90 Å². The zero-order chi connectivity index (χ0) is 13.8. The highest BCUT2D eigenvalue weighted by molar-refractivity contribution is 5.67. The maximum atomic E-state index is 3.40. The summed E-state index contributed by atoms with van der Waals surface area (Å²) in [5.74, 6) is 0. The van der Waals surface area contributed by atoms with Gasteiger partial charge in [0.15, 0.2) is 0 Å². The number of hydrogen-bond acceptors (Lipinski definition) is 2. The van der Waals surface area contributed by atoms with Gasteiger partial charge in [0.2, 0.25) is 0 Å². The van der Waals surface area contributed by atoms with Crippen LogP contribution in [-0.2, 0) is 6.54 Å². The molecule has 104 valence electrons. The summed E-state index contributed by atoms with van der Waals surface area (Å²) < 4.78 is 0. The molecule has 0 bridgehead atoms. The monoisotopic (exact) mass is 266 g/mol. The number of hydrogen-bond donors (Lipinski definition) is 1. The molecular formula is C18H22N2. The highest BCUT2D eigenvalue weighted by atomic mass is 15.2. The first-order valence-corrected chi connectivity index (χ1v) is 7.41. The van der Waals surface area contributed by atoms with Crippen molar-refractivity contribution in [2.45, 2.75) is 13.5 Å². The Morgan fingerprint density at radius 1 is 0.950 bits per heavy atom. The van der Waals surface area contributed by atoms with Gasteiger partial charge in [0.25, 0.3) is 0 Å². The normalized spacial score (nSPS) is 16.2. The molecule has 0 unspecified atom stereocenters. The van der Waals surface area contributed by atoms with E-state index in [1.807, 2.05) is 0 Å². The maximum absolute atomic E-state index is 3.40. The number of nitrogens with zero attached hydrogens (tertiary/aromatic N) is 1. The lowest BCUT2D eigenvalue weighted by Crippen LogP contribution is -2.42. The number of rotatable bonds is 3. The van der Waals surface area contributed by atoms with Crippen molar-refractivity contribution in [3.63, 3.8) is 0 Å². The van der Waals surface area contributed by atoms with E-state index in [9.17, 15) is 0 Å². The smallest absolute Gasteiger partial charge is 0.0234 e. The zero-order valence-corrected chi connectivity index (χ0v) is 12.1. The van der Waals surface area contributed by atoms with Gasteiger partial charge in [0.05, 0.1) is 0 Å². The largest absolute Gasteiger partial charge is 0.314 e. The van der Waals surface area contributed by atoms with E-state index in [1.54, 1.807) is 0 Å². The molecule has 0 saturated carbocycles. The van der Waals surface area contributed by atoms with Crippen LogP contribution in [0.15, 0.2) is 48.5 Å². The average molecular weight is 266 g/mol. The quantitative estimate of drug-likeness (QED) is 0.918. The first-order chi connectivity index (χ1) is 9.83. The van der Waals surface area contributed by atoms with E-state index in [-0.39, 0.29) is 0 Å². The first-order valence-electron chi connectivity index (χ1n) is 7.41. The third-order valence-corrected chi connectivity index (χ3v) is 4.03. The minimum Gasteiger partial charge on any atom is -0.314 e. The minimum atomic E-state index is 1.07. The number of piperazine rings is 1. The Hall–Kier alpha value is -1.64. The molecule has 0 atom stereocenters. The second-order valence-electron chi connectivity index (χ2n) is 5.54. The fourth-order valence-corrected chi connectivity index (χ4v) is 2.81. The second kappa shape index (κ2) is 6.21. The molecule has 2 aromatic rings. The van der Waals surface area contributed by atoms with Gasteiger partial charge in [-0.25, -0.2) is 0 Å². The molecule has 0 spiro atoms. The van der Waals surface area contributed by atoms with Gasteiger partial charge in [0, 0.05) is 32.7 Å². The molecule has 20 heavy (non-hydrogen) atoms. The van der Waals surface area contributed by atoms with Crippen LogP contribution in [0.25, 0.3) is 11.1 Å². The number of aryl methyl sites for hydroxylation is 1. The van der Waals surface area contributed by atoms with Crippen molar-refractivity contribution in [1.29, 1.82) is 0 Å². The van der Waals surface area contributed by atoms with Crippen molar-refractivity contribution < 1.29 is 0 Å². The molecule has 2 aromatic carbocycles. The highest BCUT2D eigenvalue weighted by Gasteiger charge is 2.09. The van der Waals surface area contributed by atoms with Crippen LogP contribution in [-0.4, -0.2) is 31.1 Å². The van der Waals surface area contributed by atoms with Crippen molar-refractivity contribution in [2.75, 3.05) is 26.2 Å². The highest BCUT2D eigenvalue weighted by Crippen LogP contribution is 2.23. The molecule has 1 saturated heterocycles. The first kappa shape index (κ1) is 13.3. The third kappa shape index (κ3) is 3.09. The van der Waals surface area contributed by atoms with E-state index in [4.69, 9.17) is 0 Å². The summed E-state index contributed by atoms with van der Waals surface area (Å²) in [7, 11) is 0. The van der Waals surface area contributed by atoms with Gasteiger partial charge in [-0.15, -0.1) is 0 Å². The standard InChI is InChI=1S/C18H22N2/c1-15-4-2-3-5-18(15)17-8-6-16(7-9-17)14-20-12-10-19-11-13-20/h2-9,19H,10-14H2,1H3. The minimum absolute atomic E-state index is 1.07. The summed E-state index contributed by atoms with van der Waals surface area (Å²) in [5, 5.41) is 3.40. The number of nitrogens with one attached hydrogen (secondary N) is 1. The second-order valence-corrected chi connectivity index (χ2v) is 5.54. The third-order valence-electron chi connectivity index (χ3n) is 4.03. The Morgan fingerprint density at radius 2 is 1.65 bits per heavy atom. The maximum Gasteiger partial charge on any atom is 0.0234 e. The van der Waals surface area contributed by atoms with E-state index in [0.29, 0.717) is 0 Å². The molecule has 0 aromatic heterocycles. The molecule has 1 heterocycles. The van der Waals surface area contributed by atoms with E-state index >= 15 is 0 Å². The van der Waals surface area contributed by atoms with E-state index in [2.05, 4.69) is 65.7 Å². The van der Waals surface area contributed by atoms with Crippen LogP contribution in [0.1, 0.15) is 11.1 Å². The summed E-state index contributed by atoms with van der Waals surface area (Å²) in [6, 6.07) is 17.6. The van der Waals surface area contributed by atoms with Crippen LogP contribution in [0.4, 0.5) is 0 Å². The molecule has 0 radical (unpaired) electrons. The van der Waals surface area contributed by atoms with Crippen LogP contribution in [0.3, 0.4) is 0 Å². The van der Waals surface area contributed by atoms with Crippen LogP contribution in [0, 0.1) is 6.92 Å². The van der Waals surface area contributed by atoms with Crippen molar-refractivity contribution in [2.24, 2.45) is 0 Å². The van der Waals surface area contributed by atoms with Gasteiger partial charge in [-0.2, -0.15) is 0 Å². The zero-order valence-electron chi connectivity index (χ0n) is 12.1. The molecule has 0 aliphatic carbocycles. The molecular weight excluding hydrogens is 244 g/mol.